The lowest BCUT2D eigenvalue weighted by atomic mass is 9.88. The lowest BCUT2D eigenvalue weighted by Crippen LogP contribution is -2.70. The molecule has 3 aliphatic rings. The Hall–Kier alpha value is -2.35. The van der Waals surface area contributed by atoms with Gasteiger partial charge in [0.05, 0.1) is 5.54 Å². The molecule has 4 rings (SSSR count). The van der Waals surface area contributed by atoms with Gasteiger partial charge < -0.3 is 20.1 Å². The highest BCUT2D eigenvalue weighted by atomic mass is 16.2. The molecule has 0 radical (unpaired) electrons. The lowest BCUT2D eigenvalue weighted by Gasteiger charge is -2.49. The van der Waals surface area contributed by atoms with E-state index in [0.29, 0.717) is 39.1 Å². The maximum Gasteiger partial charge on any atom is 0.320 e. The van der Waals surface area contributed by atoms with Gasteiger partial charge in [0, 0.05) is 64.0 Å². The van der Waals surface area contributed by atoms with Gasteiger partial charge in [-0.15, -0.1) is 0 Å². The molecule has 2 N–H and O–H groups in total. The summed E-state index contributed by atoms with van der Waals surface area (Å²) in [5.74, 6) is 0.0941. The van der Waals surface area contributed by atoms with Gasteiger partial charge >= 0.3 is 6.03 Å². The maximum atomic E-state index is 12.6. The Bertz CT molecular complexity index is 732. The van der Waals surface area contributed by atoms with Crippen LogP contribution in [0.2, 0.25) is 0 Å². The predicted octanol–water partition coefficient (Wildman–Crippen LogP) is -0.423. The van der Waals surface area contributed by atoms with Gasteiger partial charge in [-0.1, -0.05) is 6.07 Å². The largest absolute Gasteiger partial charge is 0.347 e. The Morgan fingerprint density at radius 2 is 1.88 bits per heavy atom. The van der Waals surface area contributed by atoms with Crippen molar-refractivity contribution >= 4 is 11.9 Å². The average molecular weight is 345 g/mol. The van der Waals surface area contributed by atoms with Gasteiger partial charge in [-0.3, -0.25) is 14.5 Å². The molecule has 0 saturated carbocycles. The van der Waals surface area contributed by atoms with Crippen LogP contribution in [0.4, 0.5) is 4.79 Å². The molecule has 0 atom stereocenters. The van der Waals surface area contributed by atoms with Crippen LogP contribution >= 0.6 is 0 Å². The Labute approximate surface area is 145 Å². The number of H-pyrrole nitrogens is 1. The Balaban J connectivity index is 1.26. The van der Waals surface area contributed by atoms with E-state index in [1.807, 2.05) is 21.9 Å². The van der Waals surface area contributed by atoms with Crippen molar-refractivity contribution in [2.24, 2.45) is 0 Å². The van der Waals surface area contributed by atoms with Gasteiger partial charge in [-0.05, 0) is 12.5 Å². The van der Waals surface area contributed by atoms with E-state index in [0.717, 1.165) is 25.1 Å². The standard InChI is InChI=1S/C17H23N5O3/c23-14-3-4-17(19-14)11-22(12-17)16(25)21-8-6-20(7-9-21)10-13-2-1-5-18-15(13)24/h1-2,5H,3-4,6-12H2,(H,18,24)(H,19,23). The first kappa shape index (κ1) is 16.1. The van der Waals surface area contributed by atoms with Crippen molar-refractivity contribution in [1.82, 2.24) is 25.0 Å². The Morgan fingerprint density at radius 1 is 1.12 bits per heavy atom. The number of urea groups is 1. The van der Waals surface area contributed by atoms with Crippen molar-refractivity contribution < 1.29 is 9.59 Å². The van der Waals surface area contributed by atoms with Crippen molar-refractivity contribution in [2.45, 2.75) is 24.9 Å². The fraction of sp³-hybridized carbons (Fsp3) is 0.588. The number of aromatic nitrogens is 1. The summed E-state index contributed by atoms with van der Waals surface area (Å²) in [5.41, 5.74) is 0.539. The number of pyridine rings is 1. The zero-order valence-corrected chi connectivity index (χ0v) is 14.2. The van der Waals surface area contributed by atoms with Crippen LogP contribution in [-0.4, -0.2) is 76.4 Å². The summed E-state index contributed by atoms with van der Waals surface area (Å²) in [6.45, 7) is 4.70. The number of nitrogens with zero attached hydrogens (tertiary/aromatic N) is 3. The van der Waals surface area contributed by atoms with Crippen molar-refractivity contribution in [1.29, 1.82) is 0 Å². The third-order valence-corrected chi connectivity index (χ3v) is 5.43. The molecule has 3 amide bonds. The third kappa shape index (κ3) is 3.13. The van der Waals surface area contributed by atoms with Crippen LogP contribution in [0, 0.1) is 0 Å². The summed E-state index contributed by atoms with van der Waals surface area (Å²) in [5, 5.41) is 3.00. The summed E-state index contributed by atoms with van der Waals surface area (Å²) >= 11 is 0. The molecule has 8 heteroatoms. The molecular formula is C17H23N5O3. The van der Waals surface area contributed by atoms with Crippen LogP contribution in [0.5, 0.6) is 0 Å². The highest BCUT2D eigenvalue weighted by molar-refractivity contribution is 5.82. The molecule has 8 nitrogen and oxygen atoms in total. The third-order valence-electron chi connectivity index (χ3n) is 5.43. The van der Waals surface area contributed by atoms with Crippen molar-refractivity contribution in [3.63, 3.8) is 0 Å². The Morgan fingerprint density at radius 3 is 2.52 bits per heavy atom. The van der Waals surface area contributed by atoms with E-state index >= 15 is 0 Å². The Kier molecular flexibility index (Phi) is 3.99. The first-order chi connectivity index (χ1) is 12.0. The highest BCUT2D eigenvalue weighted by Gasteiger charge is 2.50. The predicted molar refractivity (Wildman–Crippen MR) is 91.0 cm³/mol. The van der Waals surface area contributed by atoms with Crippen LogP contribution < -0.4 is 10.9 Å². The number of rotatable bonds is 2. The molecule has 0 aliphatic carbocycles. The van der Waals surface area contributed by atoms with Gasteiger partial charge in [0.1, 0.15) is 0 Å². The smallest absolute Gasteiger partial charge is 0.320 e. The quantitative estimate of drug-likeness (QED) is 0.762. The van der Waals surface area contributed by atoms with Gasteiger partial charge in [0.15, 0.2) is 0 Å². The number of amides is 3. The second-order valence-corrected chi connectivity index (χ2v) is 7.25. The minimum Gasteiger partial charge on any atom is -0.347 e. The summed E-state index contributed by atoms with van der Waals surface area (Å²) in [6.07, 6.45) is 3.03. The second-order valence-electron chi connectivity index (χ2n) is 7.25. The molecule has 1 aromatic rings. The molecule has 3 saturated heterocycles. The molecule has 4 heterocycles. The number of piperazine rings is 1. The van der Waals surface area contributed by atoms with E-state index in [9.17, 15) is 14.4 Å². The molecule has 0 aromatic carbocycles. The van der Waals surface area contributed by atoms with Crippen molar-refractivity contribution in [3.05, 3.63) is 34.2 Å². The monoisotopic (exact) mass is 345 g/mol. The molecule has 25 heavy (non-hydrogen) atoms. The zero-order chi connectivity index (χ0) is 17.4. The second kappa shape index (κ2) is 6.18. The van der Waals surface area contributed by atoms with Crippen LogP contribution in [0.1, 0.15) is 18.4 Å². The fourth-order valence-corrected chi connectivity index (χ4v) is 3.95. The lowest BCUT2D eigenvalue weighted by molar-refractivity contribution is -0.120. The molecule has 134 valence electrons. The number of carbonyl (C=O) groups excluding carboxylic acids is 2. The summed E-state index contributed by atoms with van der Waals surface area (Å²) in [4.78, 5) is 44.3. The normalized spacial score (nSPS) is 22.8. The number of hydrogen-bond acceptors (Lipinski definition) is 4. The van der Waals surface area contributed by atoms with Crippen molar-refractivity contribution in [3.8, 4) is 0 Å². The van der Waals surface area contributed by atoms with E-state index in [1.165, 1.54) is 0 Å². The average Bonchev–Trinajstić information content (AvgIpc) is 2.98. The summed E-state index contributed by atoms with van der Waals surface area (Å²) in [6, 6.07) is 3.73. The summed E-state index contributed by atoms with van der Waals surface area (Å²) < 4.78 is 0. The molecule has 3 fully saturated rings. The first-order valence-corrected chi connectivity index (χ1v) is 8.78. The number of hydrogen-bond donors (Lipinski definition) is 2. The van der Waals surface area contributed by atoms with E-state index in [1.54, 1.807) is 6.20 Å². The number of nitrogens with one attached hydrogen (secondary N) is 2. The number of likely N-dealkylation sites (tertiary alicyclic amines) is 1. The van der Waals surface area contributed by atoms with E-state index in [2.05, 4.69) is 15.2 Å². The zero-order valence-electron chi connectivity index (χ0n) is 14.2. The SMILES string of the molecule is O=C1CCC2(CN(C(=O)N3CCN(Cc4ccc[nH]c4=O)CC3)C2)N1. The van der Waals surface area contributed by atoms with Gasteiger partial charge in [0.2, 0.25) is 5.91 Å². The van der Waals surface area contributed by atoms with Crippen LogP contribution in [-0.2, 0) is 11.3 Å². The first-order valence-electron chi connectivity index (χ1n) is 8.78. The minimum absolute atomic E-state index is 0.0505. The van der Waals surface area contributed by atoms with E-state index in [4.69, 9.17) is 0 Å². The van der Waals surface area contributed by atoms with E-state index < -0.39 is 0 Å². The maximum absolute atomic E-state index is 12.6. The molecule has 1 spiro atoms. The van der Waals surface area contributed by atoms with Crippen LogP contribution in [0.25, 0.3) is 0 Å². The van der Waals surface area contributed by atoms with Crippen LogP contribution in [0.15, 0.2) is 23.1 Å². The number of aromatic amines is 1. The highest BCUT2D eigenvalue weighted by Crippen LogP contribution is 2.31. The molecule has 0 bridgehead atoms. The van der Waals surface area contributed by atoms with Crippen molar-refractivity contribution in [2.75, 3.05) is 39.3 Å². The van der Waals surface area contributed by atoms with Crippen LogP contribution in [0.3, 0.4) is 0 Å². The molecule has 0 unspecified atom stereocenters. The number of carbonyl (C=O) groups is 2. The van der Waals surface area contributed by atoms with Gasteiger partial charge in [-0.25, -0.2) is 4.79 Å². The van der Waals surface area contributed by atoms with E-state index in [-0.39, 0.29) is 23.0 Å². The molecular weight excluding hydrogens is 322 g/mol. The summed E-state index contributed by atoms with van der Waals surface area (Å²) in [7, 11) is 0. The topological polar surface area (TPSA) is 88.8 Å². The molecule has 1 aromatic heterocycles. The minimum atomic E-state index is -0.164. The van der Waals surface area contributed by atoms with Gasteiger partial charge in [-0.2, -0.15) is 0 Å². The fourth-order valence-electron chi connectivity index (χ4n) is 3.95. The molecule has 3 aliphatic heterocycles. The van der Waals surface area contributed by atoms with Gasteiger partial charge in [0.25, 0.3) is 5.56 Å².